The molecule has 5 aromatic carbocycles. The van der Waals surface area contributed by atoms with Gasteiger partial charge in [-0.1, -0.05) is 24.3 Å². The largest absolute Gasteiger partial charge is 0.573 e. The predicted octanol–water partition coefficient (Wildman–Crippen LogP) is 8.58. The molecule has 0 saturated carbocycles. The number of aliphatic hydroxyl groups excluding tert-OH is 2. The van der Waals surface area contributed by atoms with E-state index in [4.69, 9.17) is 34.2 Å². The topological polar surface area (TPSA) is 152 Å². The van der Waals surface area contributed by atoms with E-state index < -0.39 is 36.4 Å². The van der Waals surface area contributed by atoms with Crippen LogP contribution in [0.3, 0.4) is 0 Å². The Balaban J connectivity index is 0.000000280. The number of methoxy groups -OCH3 is 6. The fourth-order valence-corrected chi connectivity index (χ4v) is 5.89. The Morgan fingerprint density at radius 3 is 1.47 bits per heavy atom. The van der Waals surface area contributed by atoms with Crippen molar-refractivity contribution in [2.45, 2.75) is 31.5 Å². The number of nitrogens with two attached hydrogens (primary N) is 1. The highest BCUT2D eigenvalue weighted by Crippen LogP contribution is 2.42. The van der Waals surface area contributed by atoms with Gasteiger partial charge >= 0.3 is 12.7 Å². The normalized spacial score (nSPS) is 12.2. The van der Waals surface area contributed by atoms with Gasteiger partial charge in [-0.2, -0.15) is 0 Å². The number of ether oxygens (including phenoxy) is 8. The zero-order chi connectivity index (χ0) is 43.5. The summed E-state index contributed by atoms with van der Waals surface area (Å²) in [7, 11) is 8.73. The van der Waals surface area contributed by atoms with E-state index in [2.05, 4.69) is 14.8 Å². The second kappa shape index (κ2) is 19.8. The molecule has 5 N–H and O–H groups in total. The summed E-state index contributed by atoms with van der Waals surface area (Å²) >= 11 is 0. The molecule has 0 spiro atoms. The Bertz CT molecular complexity index is 2170. The van der Waals surface area contributed by atoms with Gasteiger partial charge in [-0.3, -0.25) is 0 Å². The van der Waals surface area contributed by atoms with Gasteiger partial charge in [-0.25, -0.2) is 0 Å². The average molecular weight is 837 g/mol. The highest BCUT2D eigenvalue weighted by Gasteiger charge is 2.33. The summed E-state index contributed by atoms with van der Waals surface area (Å²) in [5.41, 5.74) is 7.86. The van der Waals surface area contributed by atoms with Crippen LogP contribution in [0.4, 0.5) is 37.7 Å². The Hall–Kier alpha value is -6.40. The van der Waals surface area contributed by atoms with Crippen LogP contribution < -0.4 is 48.9 Å². The number of nitrogen functional groups attached to an aromatic ring is 1. The maximum atomic E-state index is 12.9. The summed E-state index contributed by atoms with van der Waals surface area (Å²) in [6.45, 7) is 0.252. The first-order valence-corrected chi connectivity index (χ1v) is 17.2. The molecular formula is C41H42F6N2O10. The number of rotatable bonds is 15. The molecule has 5 rings (SSSR count). The smallest absolute Gasteiger partial charge is 0.497 e. The van der Waals surface area contributed by atoms with E-state index in [0.29, 0.717) is 39.8 Å². The summed E-state index contributed by atoms with van der Waals surface area (Å²) in [5, 5.41) is 25.0. The van der Waals surface area contributed by atoms with Gasteiger partial charge in [-0.05, 0) is 60.7 Å². The lowest BCUT2D eigenvalue weighted by Gasteiger charge is -2.22. The lowest BCUT2D eigenvalue weighted by atomic mass is 9.98. The van der Waals surface area contributed by atoms with Crippen LogP contribution in [0.25, 0.3) is 0 Å². The van der Waals surface area contributed by atoms with E-state index in [-0.39, 0.29) is 34.9 Å². The van der Waals surface area contributed by atoms with Gasteiger partial charge < -0.3 is 59.2 Å². The number of hydrogen-bond donors (Lipinski definition) is 4. The summed E-state index contributed by atoms with van der Waals surface area (Å²) in [6, 6.07) is 22.0. The van der Waals surface area contributed by atoms with Gasteiger partial charge in [-0.15, -0.1) is 26.3 Å². The van der Waals surface area contributed by atoms with E-state index in [0.717, 1.165) is 23.8 Å². The number of alkyl halides is 6. The standard InChI is InChI=1S/C25H26F3NO6.C16H16F3NO4/c1-31-16-9-8-15(22(13-16)33-3)14-29-20-11-10-17(35-25(26,27)28)12-19(20)23(30)18-6-5-7-21(32-2)24(18)34-4;1-22-13-5-3-4-10(15(13)23-2)14(21)11-8-9(6-7-12(11)20)24-16(17,18)19/h5-13,23,29-30H,14H2,1-4H3;3-8,14,21H,20H2,1-2H3. The molecule has 0 bridgehead atoms. The molecule has 0 fully saturated rings. The molecule has 2 unspecified atom stereocenters. The minimum atomic E-state index is -4.89. The second-order valence-electron chi connectivity index (χ2n) is 12.1. The first-order valence-electron chi connectivity index (χ1n) is 17.2. The third-order valence-electron chi connectivity index (χ3n) is 8.56. The number of hydrogen-bond acceptors (Lipinski definition) is 12. The van der Waals surface area contributed by atoms with Crippen molar-refractivity contribution in [3.05, 3.63) is 119 Å². The first-order chi connectivity index (χ1) is 28.0. The molecule has 0 aromatic heterocycles. The van der Waals surface area contributed by atoms with E-state index in [1.807, 2.05) is 0 Å². The maximum absolute atomic E-state index is 12.9. The van der Waals surface area contributed by atoms with E-state index >= 15 is 0 Å². The zero-order valence-electron chi connectivity index (χ0n) is 32.5. The average Bonchev–Trinajstić information content (AvgIpc) is 3.21. The Kier molecular flexibility index (Phi) is 15.2. The van der Waals surface area contributed by atoms with Crippen LogP contribution in [0.2, 0.25) is 0 Å². The van der Waals surface area contributed by atoms with Crippen LogP contribution in [0, 0.1) is 0 Å². The van der Waals surface area contributed by atoms with Gasteiger partial charge in [0.25, 0.3) is 0 Å². The van der Waals surface area contributed by atoms with Crippen LogP contribution in [-0.2, 0) is 6.54 Å². The van der Waals surface area contributed by atoms with Crippen LogP contribution in [0.1, 0.15) is 40.0 Å². The fourth-order valence-electron chi connectivity index (χ4n) is 5.89. The molecule has 2 atom stereocenters. The molecule has 0 amide bonds. The summed E-state index contributed by atoms with van der Waals surface area (Å²) < 4.78 is 115. The molecule has 0 heterocycles. The lowest BCUT2D eigenvalue weighted by molar-refractivity contribution is -0.275. The highest BCUT2D eigenvalue weighted by atomic mass is 19.4. The van der Waals surface area contributed by atoms with E-state index in [1.165, 1.54) is 60.9 Å². The van der Waals surface area contributed by atoms with Crippen LogP contribution >= 0.6 is 0 Å². The van der Waals surface area contributed by atoms with Gasteiger partial charge in [0.15, 0.2) is 23.0 Å². The van der Waals surface area contributed by atoms with Crippen molar-refractivity contribution in [1.82, 2.24) is 0 Å². The maximum Gasteiger partial charge on any atom is 0.573 e. The van der Waals surface area contributed by atoms with Crippen LogP contribution in [0.5, 0.6) is 46.0 Å². The number of para-hydroxylation sites is 2. The predicted molar refractivity (Wildman–Crippen MR) is 205 cm³/mol. The zero-order valence-corrected chi connectivity index (χ0v) is 32.5. The first kappa shape index (κ1) is 45.3. The van der Waals surface area contributed by atoms with Crippen LogP contribution in [-0.4, -0.2) is 65.6 Å². The summed E-state index contributed by atoms with van der Waals surface area (Å²) in [5.74, 6) is 1.47. The Labute approximate surface area is 335 Å². The molecule has 0 aliphatic heterocycles. The second-order valence-corrected chi connectivity index (χ2v) is 12.1. The van der Waals surface area contributed by atoms with Crippen molar-refractivity contribution >= 4 is 11.4 Å². The van der Waals surface area contributed by atoms with Crippen molar-refractivity contribution in [3.63, 3.8) is 0 Å². The lowest BCUT2D eigenvalue weighted by Crippen LogP contribution is -2.17. The molecule has 0 aliphatic carbocycles. The highest BCUT2D eigenvalue weighted by molar-refractivity contribution is 5.61. The number of halogens is 6. The number of nitrogens with one attached hydrogen (secondary N) is 1. The Morgan fingerprint density at radius 2 is 1.00 bits per heavy atom. The van der Waals surface area contributed by atoms with E-state index in [1.54, 1.807) is 54.6 Å². The molecule has 5 aromatic rings. The SMILES string of the molecule is COc1ccc(CNc2ccc(OC(F)(F)F)cc2C(O)c2cccc(OC)c2OC)c(OC)c1.COc1cccc(C(O)c2cc(OC(F)(F)F)ccc2N)c1OC. The number of anilines is 2. The van der Waals surface area contributed by atoms with Crippen molar-refractivity contribution in [2.75, 3.05) is 53.7 Å². The fraction of sp³-hybridized carbons (Fsp3) is 0.268. The number of aliphatic hydroxyl groups is 2. The monoisotopic (exact) mass is 836 g/mol. The third kappa shape index (κ3) is 11.8. The van der Waals surface area contributed by atoms with Crippen molar-refractivity contribution in [1.29, 1.82) is 0 Å². The molecule has 12 nitrogen and oxygen atoms in total. The van der Waals surface area contributed by atoms with Gasteiger partial charge in [0.2, 0.25) is 0 Å². The molecule has 59 heavy (non-hydrogen) atoms. The Morgan fingerprint density at radius 1 is 0.525 bits per heavy atom. The van der Waals surface area contributed by atoms with Crippen molar-refractivity contribution in [3.8, 4) is 46.0 Å². The van der Waals surface area contributed by atoms with Crippen LogP contribution in [0.15, 0.2) is 91.0 Å². The van der Waals surface area contributed by atoms with Gasteiger partial charge in [0, 0.05) is 51.8 Å². The third-order valence-corrected chi connectivity index (χ3v) is 8.56. The molecule has 0 radical (unpaired) electrons. The minimum Gasteiger partial charge on any atom is -0.497 e. The molecule has 318 valence electrons. The number of benzene rings is 5. The minimum absolute atomic E-state index is 0.0586. The van der Waals surface area contributed by atoms with Crippen molar-refractivity contribution < 1.29 is 74.5 Å². The molecule has 18 heteroatoms. The molecular weight excluding hydrogens is 794 g/mol. The quantitative estimate of drug-likeness (QED) is 0.0591. The van der Waals surface area contributed by atoms with Crippen molar-refractivity contribution in [2.24, 2.45) is 0 Å². The van der Waals surface area contributed by atoms with Gasteiger partial charge in [0.05, 0.1) is 42.7 Å². The summed E-state index contributed by atoms with van der Waals surface area (Å²) in [6.07, 6.45) is -12.4. The molecule has 0 saturated heterocycles. The summed E-state index contributed by atoms with van der Waals surface area (Å²) in [4.78, 5) is 0. The van der Waals surface area contributed by atoms with E-state index in [9.17, 15) is 36.6 Å². The molecule has 0 aliphatic rings. The van der Waals surface area contributed by atoms with Gasteiger partial charge in [0.1, 0.15) is 35.2 Å².